The van der Waals surface area contributed by atoms with Crippen LogP contribution in [0.4, 0.5) is 17.3 Å². The minimum absolute atomic E-state index is 0.617. The van der Waals surface area contributed by atoms with Crippen molar-refractivity contribution in [3.05, 3.63) is 40.1 Å². The molecule has 0 saturated heterocycles. The molecule has 5 nitrogen and oxygen atoms in total. The van der Waals surface area contributed by atoms with Crippen LogP contribution in [-0.2, 0) is 12.8 Å². The smallest absolute Gasteiger partial charge is 0.145 e. The number of anilines is 3. The Kier molecular flexibility index (Phi) is 5.52. The van der Waals surface area contributed by atoms with E-state index in [0.29, 0.717) is 5.82 Å². The van der Waals surface area contributed by atoms with Crippen LogP contribution in [0.2, 0.25) is 0 Å². The van der Waals surface area contributed by atoms with Crippen LogP contribution >= 0.6 is 15.9 Å². The van der Waals surface area contributed by atoms with E-state index in [1.165, 1.54) is 5.56 Å². The lowest BCUT2D eigenvalue weighted by Gasteiger charge is -2.13. The lowest BCUT2D eigenvalue weighted by Crippen LogP contribution is -2.11. The molecule has 2 rings (SSSR count). The molecule has 0 unspecified atom stereocenters. The van der Waals surface area contributed by atoms with Gasteiger partial charge in [0.05, 0.1) is 0 Å². The molecule has 0 bridgehead atoms. The van der Waals surface area contributed by atoms with Crippen molar-refractivity contribution in [1.82, 2.24) is 9.97 Å². The summed E-state index contributed by atoms with van der Waals surface area (Å²) in [5, 5.41) is 3.36. The monoisotopic (exact) mass is 349 g/mol. The molecule has 2 aromatic rings. The highest BCUT2D eigenvalue weighted by Gasteiger charge is 2.07. The number of aromatic nitrogens is 2. The van der Waals surface area contributed by atoms with Crippen LogP contribution in [0.5, 0.6) is 0 Å². The number of nitrogen functional groups attached to an aromatic ring is 1. The molecule has 0 atom stereocenters. The van der Waals surface area contributed by atoms with Gasteiger partial charge in [-0.25, -0.2) is 15.8 Å². The Morgan fingerprint density at radius 1 is 1.14 bits per heavy atom. The van der Waals surface area contributed by atoms with E-state index >= 15 is 0 Å². The van der Waals surface area contributed by atoms with Crippen molar-refractivity contribution in [1.29, 1.82) is 0 Å². The lowest BCUT2D eigenvalue weighted by molar-refractivity contribution is 0.837. The Morgan fingerprint density at radius 3 is 2.57 bits per heavy atom. The van der Waals surface area contributed by atoms with Crippen LogP contribution in [0.1, 0.15) is 31.7 Å². The fraction of sp³-hybridized carbons (Fsp3) is 0.333. The fourth-order valence-corrected chi connectivity index (χ4v) is 2.49. The normalized spacial score (nSPS) is 10.5. The number of benzene rings is 1. The summed E-state index contributed by atoms with van der Waals surface area (Å²) >= 11 is 3.50. The number of nitrogens with two attached hydrogens (primary N) is 1. The fourth-order valence-electron chi connectivity index (χ4n) is 2.09. The molecule has 1 heterocycles. The van der Waals surface area contributed by atoms with Gasteiger partial charge in [-0.2, -0.15) is 0 Å². The van der Waals surface area contributed by atoms with E-state index < -0.39 is 0 Å². The molecular weight excluding hydrogens is 330 g/mol. The molecule has 1 aromatic carbocycles. The average molecular weight is 350 g/mol. The zero-order valence-corrected chi connectivity index (χ0v) is 13.9. The zero-order chi connectivity index (χ0) is 15.2. The predicted molar refractivity (Wildman–Crippen MR) is 90.6 cm³/mol. The Balaban J connectivity index is 2.32. The number of halogens is 1. The molecule has 0 fully saturated rings. The molecule has 0 aliphatic carbocycles. The largest absolute Gasteiger partial charge is 0.340 e. The van der Waals surface area contributed by atoms with Gasteiger partial charge in [0.1, 0.15) is 17.5 Å². The minimum Gasteiger partial charge on any atom is -0.340 e. The van der Waals surface area contributed by atoms with Crippen molar-refractivity contribution in [2.24, 2.45) is 5.84 Å². The number of hydrazine groups is 1. The summed E-state index contributed by atoms with van der Waals surface area (Å²) in [5.41, 5.74) is 4.86. The maximum Gasteiger partial charge on any atom is 0.145 e. The van der Waals surface area contributed by atoms with Crippen LogP contribution in [0.25, 0.3) is 0 Å². The van der Waals surface area contributed by atoms with Crippen LogP contribution in [0.3, 0.4) is 0 Å². The second kappa shape index (κ2) is 7.38. The summed E-state index contributed by atoms with van der Waals surface area (Å²) < 4.78 is 1.07. The second-order valence-corrected chi connectivity index (χ2v) is 5.64. The highest BCUT2D eigenvalue weighted by Crippen LogP contribution is 2.25. The molecule has 6 heteroatoms. The van der Waals surface area contributed by atoms with E-state index in [0.717, 1.165) is 41.1 Å². The molecular formula is C15H20BrN5. The van der Waals surface area contributed by atoms with E-state index in [1.54, 1.807) is 6.07 Å². The van der Waals surface area contributed by atoms with Gasteiger partial charge in [-0.1, -0.05) is 29.8 Å². The first-order chi connectivity index (χ1) is 10.2. The van der Waals surface area contributed by atoms with Gasteiger partial charge in [0.15, 0.2) is 0 Å². The maximum absolute atomic E-state index is 5.48. The van der Waals surface area contributed by atoms with Gasteiger partial charge in [-0.3, -0.25) is 0 Å². The third kappa shape index (κ3) is 4.15. The van der Waals surface area contributed by atoms with Crippen LogP contribution < -0.4 is 16.6 Å². The predicted octanol–water partition coefficient (Wildman–Crippen LogP) is 3.78. The zero-order valence-electron chi connectivity index (χ0n) is 12.3. The quantitative estimate of drug-likeness (QED) is 0.546. The molecule has 0 radical (unpaired) electrons. The first-order valence-electron chi connectivity index (χ1n) is 7.06. The molecule has 0 saturated carbocycles. The molecule has 0 amide bonds. The molecule has 0 aliphatic rings. The average Bonchev–Trinajstić information content (AvgIpc) is 2.49. The van der Waals surface area contributed by atoms with Gasteiger partial charge in [-0.15, -0.1) is 0 Å². The standard InChI is InChI=1S/C15H20BrN5/c1-3-5-13-19-14(9-15(20-13)21-17)18-12-7-6-11(16)8-10(12)4-2/h6-9H,3-5,17H2,1-2H3,(H2,18,19,20,21). The van der Waals surface area contributed by atoms with Crippen molar-refractivity contribution in [3.8, 4) is 0 Å². The van der Waals surface area contributed by atoms with Crippen LogP contribution in [0, 0.1) is 0 Å². The Labute approximate surface area is 133 Å². The Morgan fingerprint density at radius 2 is 1.90 bits per heavy atom. The molecule has 112 valence electrons. The van der Waals surface area contributed by atoms with Crippen molar-refractivity contribution >= 4 is 33.3 Å². The minimum atomic E-state index is 0.617. The number of hydrogen-bond acceptors (Lipinski definition) is 5. The summed E-state index contributed by atoms with van der Waals surface area (Å²) in [6, 6.07) is 7.97. The van der Waals surface area contributed by atoms with Crippen molar-refractivity contribution < 1.29 is 0 Å². The Hall–Kier alpha value is -1.66. The first-order valence-corrected chi connectivity index (χ1v) is 7.85. The van der Waals surface area contributed by atoms with E-state index in [1.807, 2.05) is 12.1 Å². The first kappa shape index (κ1) is 15.7. The molecule has 0 spiro atoms. The van der Waals surface area contributed by atoms with Crippen LogP contribution in [-0.4, -0.2) is 9.97 Å². The van der Waals surface area contributed by atoms with Gasteiger partial charge in [0, 0.05) is 22.6 Å². The number of aryl methyl sites for hydroxylation is 2. The second-order valence-electron chi connectivity index (χ2n) is 4.73. The highest BCUT2D eigenvalue weighted by molar-refractivity contribution is 9.10. The van der Waals surface area contributed by atoms with Gasteiger partial charge >= 0.3 is 0 Å². The number of nitrogens with zero attached hydrogens (tertiary/aromatic N) is 2. The SMILES string of the molecule is CCCc1nc(NN)cc(Nc2ccc(Br)cc2CC)n1. The maximum atomic E-state index is 5.48. The molecule has 21 heavy (non-hydrogen) atoms. The lowest BCUT2D eigenvalue weighted by atomic mass is 10.1. The Bertz CT molecular complexity index is 615. The van der Waals surface area contributed by atoms with Crippen molar-refractivity contribution in [2.45, 2.75) is 33.1 Å². The number of rotatable bonds is 6. The number of hydrogen-bond donors (Lipinski definition) is 3. The van der Waals surface area contributed by atoms with E-state index in [4.69, 9.17) is 5.84 Å². The topological polar surface area (TPSA) is 75.9 Å². The summed E-state index contributed by atoms with van der Waals surface area (Å²) in [7, 11) is 0. The van der Waals surface area contributed by atoms with E-state index in [2.05, 4.69) is 56.6 Å². The van der Waals surface area contributed by atoms with Gasteiger partial charge in [0.2, 0.25) is 0 Å². The van der Waals surface area contributed by atoms with E-state index in [9.17, 15) is 0 Å². The van der Waals surface area contributed by atoms with Crippen molar-refractivity contribution in [3.63, 3.8) is 0 Å². The summed E-state index contributed by atoms with van der Waals surface area (Å²) in [5.74, 6) is 7.63. The van der Waals surface area contributed by atoms with Crippen molar-refractivity contribution in [2.75, 3.05) is 10.7 Å². The van der Waals surface area contributed by atoms with Gasteiger partial charge < -0.3 is 10.7 Å². The highest BCUT2D eigenvalue weighted by atomic mass is 79.9. The third-order valence-electron chi connectivity index (χ3n) is 3.10. The molecule has 0 aliphatic heterocycles. The summed E-state index contributed by atoms with van der Waals surface area (Å²) in [4.78, 5) is 8.88. The summed E-state index contributed by atoms with van der Waals surface area (Å²) in [6.45, 7) is 4.23. The van der Waals surface area contributed by atoms with E-state index in [-0.39, 0.29) is 0 Å². The molecule has 1 aromatic heterocycles. The molecule has 4 N–H and O–H groups in total. The van der Waals surface area contributed by atoms with Gasteiger partial charge in [0.25, 0.3) is 0 Å². The van der Waals surface area contributed by atoms with Gasteiger partial charge in [-0.05, 0) is 36.6 Å². The summed E-state index contributed by atoms with van der Waals surface area (Å²) in [6.07, 6.45) is 2.76. The number of nitrogens with one attached hydrogen (secondary N) is 2. The van der Waals surface area contributed by atoms with Crippen LogP contribution in [0.15, 0.2) is 28.7 Å². The third-order valence-corrected chi connectivity index (χ3v) is 3.60.